The van der Waals surface area contributed by atoms with Gasteiger partial charge in [-0.3, -0.25) is 4.79 Å². The van der Waals surface area contributed by atoms with Gasteiger partial charge in [0.2, 0.25) is 0 Å². The Hall–Kier alpha value is -3.75. The smallest absolute Gasteiger partial charge is 0.251 e. The van der Waals surface area contributed by atoms with Gasteiger partial charge in [0, 0.05) is 24.8 Å². The molecule has 0 aliphatic rings. The summed E-state index contributed by atoms with van der Waals surface area (Å²) in [4.78, 5) is 16.3. The molecular formula is C20H21FN6O2. The SMILES string of the molecule is COc1ccc(C(=O)NCCNc2ccc(Nc3ccc(C)cn3)nn2)cc1F. The van der Waals surface area contributed by atoms with Crippen LogP contribution in [0.5, 0.6) is 5.75 Å². The first kappa shape index (κ1) is 20.0. The molecule has 29 heavy (non-hydrogen) atoms. The Labute approximate surface area is 167 Å². The number of benzene rings is 1. The molecule has 0 radical (unpaired) electrons. The monoisotopic (exact) mass is 396 g/mol. The molecule has 0 fully saturated rings. The Kier molecular flexibility index (Phi) is 6.51. The number of pyridine rings is 1. The van der Waals surface area contributed by atoms with Crippen LogP contribution in [0.2, 0.25) is 0 Å². The second-order valence-corrected chi connectivity index (χ2v) is 6.18. The Morgan fingerprint density at radius 1 is 1.03 bits per heavy atom. The fourth-order valence-electron chi connectivity index (χ4n) is 2.44. The van der Waals surface area contributed by atoms with E-state index in [1.54, 1.807) is 18.3 Å². The van der Waals surface area contributed by atoms with Gasteiger partial charge in [0.05, 0.1) is 7.11 Å². The van der Waals surface area contributed by atoms with Gasteiger partial charge in [0.25, 0.3) is 5.91 Å². The average molecular weight is 396 g/mol. The third kappa shape index (κ3) is 5.61. The number of aryl methyl sites for hydroxylation is 1. The van der Waals surface area contributed by atoms with Gasteiger partial charge < -0.3 is 20.7 Å². The number of halogens is 1. The standard InChI is InChI=1S/C20H21FN6O2/c1-13-3-6-17(24-12-13)25-19-8-7-18(26-27-19)22-9-10-23-20(28)14-4-5-16(29-2)15(21)11-14/h3-8,11-12H,9-10H2,1-2H3,(H,22,26)(H,23,28)(H,24,25,27). The molecule has 0 spiro atoms. The number of nitrogens with zero attached hydrogens (tertiary/aromatic N) is 3. The van der Waals surface area contributed by atoms with Gasteiger partial charge in [-0.05, 0) is 48.9 Å². The summed E-state index contributed by atoms with van der Waals surface area (Å²) in [6.45, 7) is 2.74. The van der Waals surface area contributed by atoms with Crippen molar-refractivity contribution in [2.24, 2.45) is 0 Å². The van der Waals surface area contributed by atoms with Gasteiger partial charge in [0.1, 0.15) is 11.6 Å². The molecule has 3 rings (SSSR count). The highest BCUT2D eigenvalue weighted by molar-refractivity contribution is 5.94. The average Bonchev–Trinajstić information content (AvgIpc) is 2.73. The zero-order chi connectivity index (χ0) is 20.6. The fraction of sp³-hybridized carbons (Fsp3) is 0.200. The van der Waals surface area contributed by atoms with E-state index >= 15 is 0 Å². The van der Waals surface area contributed by atoms with Crippen LogP contribution in [-0.4, -0.2) is 41.3 Å². The second-order valence-electron chi connectivity index (χ2n) is 6.18. The zero-order valence-electron chi connectivity index (χ0n) is 16.1. The lowest BCUT2D eigenvalue weighted by Gasteiger charge is -2.09. The van der Waals surface area contributed by atoms with E-state index < -0.39 is 5.82 Å². The lowest BCUT2D eigenvalue weighted by molar-refractivity contribution is 0.0954. The van der Waals surface area contributed by atoms with E-state index in [0.717, 1.165) is 11.6 Å². The van der Waals surface area contributed by atoms with Gasteiger partial charge >= 0.3 is 0 Å². The van der Waals surface area contributed by atoms with Crippen molar-refractivity contribution in [1.82, 2.24) is 20.5 Å². The summed E-state index contributed by atoms with van der Waals surface area (Å²) < 4.78 is 18.5. The molecule has 0 aliphatic carbocycles. The van der Waals surface area contributed by atoms with E-state index in [0.29, 0.717) is 30.5 Å². The molecule has 8 nitrogen and oxygen atoms in total. The normalized spacial score (nSPS) is 10.3. The van der Waals surface area contributed by atoms with Crippen LogP contribution in [0.15, 0.2) is 48.7 Å². The Morgan fingerprint density at radius 3 is 2.45 bits per heavy atom. The van der Waals surface area contributed by atoms with E-state index in [1.807, 2.05) is 19.1 Å². The molecule has 3 N–H and O–H groups in total. The number of hydrogen-bond acceptors (Lipinski definition) is 7. The van der Waals surface area contributed by atoms with Gasteiger partial charge in [-0.25, -0.2) is 9.37 Å². The molecular weight excluding hydrogens is 375 g/mol. The van der Waals surface area contributed by atoms with Crippen molar-refractivity contribution in [3.05, 3.63) is 65.6 Å². The molecule has 3 aromatic rings. The summed E-state index contributed by atoms with van der Waals surface area (Å²) in [6.07, 6.45) is 1.76. The van der Waals surface area contributed by atoms with Crippen molar-refractivity contribution in [3.63, 3.8) is 0 Å². The highest BCUT2D eigenvalue weighted by Crippen LogP contribution is 2.17. The Bertz CT molecular complexity index is 964. The first-order valence-corrected chi connectivity index (χ1v) is 8.94. The molecule has 2 aromatic heterocycles. The molecule has 1 aromatic carbocycles. The largest absolute Gasteiger partial charge is 0.494 e. The Morgan fingerprint density at radius 2 is 1.79 bits per heavy atom. The maximum atomic E-state index is 13.7. The van der Waals surface area contributed by atoms with Crippen molar-refractivity contribution < 1.29 is 13.9 Å². The summed E-state index contributed by atoms with van der Waals surface area (Å²) >= 11 is 0. The van der Waals surface area contributed by atoms with Gasteiger partial charge in [0.15, 0.2) is 17.4 Å². The topological polar surface area (TPSA) is 101 Å². The van der Waals surface area contributed by atoms with Gasteiger partial charge in [-0.1, -0.05) is 6.07 Å². The number of anilines is 3. The van der Waals surface area contributed by atoms with Crippen LogP contribution >= 0.6 is 0 Å². The maximum Gasteiger partial charge on any atom is 0.251 e. The molecule has 0 unspecified atom stereocenters. The number of nitrogens with one attached hydrogen (secondary N) is 3. The second kappa shape index (κ2) is 9.45. The molecule has 150 valence electrons. The van der Waals surface area contributed by atoms with E-state index in [1.165, 1.54) is 19.2 Å². The molecule has 9 heteroatoms. The number of rotatable bonds is 8. The zero-order valence-corrected chi connectivity index (χ0v) is 16.1. The van der Waals surface area contributed by atoms with Crippen LogP contribution < -0.4 is 20.7 Å². The van der Waals surface area contributed by atoms with Crippen molar-refractivity contribution in [2.45, 2.75) is 6.92 Å². The minimum atomic E-state index is -0.580. The fourth-order valence-corrected chi connectivity index (χ4v) is 2.44. The third-order valence-corrected chi connectivity index (χ3v) is 3.96. The van der Waals surface area contributed by atoms with Crippen LogP contribution in [0, 0.1) is 12.7 Å². The van der Waals surface area contributed by atoms with Crippen LogP contribution in [0.1, 0.15) is 15.9 Å². The number of amides is 1. The van der Waals surface area contributed by atoms with E-state index in [2.05, 4.69) is 31.1 Å². The van der Waals surface area contributed by atoms with Crippen LogP contribution in [0.4, 0.5) is 21.8 Å². The Balaban J connectivity index is 1.44. The van der Waals surface area contributed by atoms with Crippen molar-refractivity contribution in [1.29, 1.82) is 0 Å². The first-order chi connectivity index (χ1) is 14.0. The summed E-state index contributed by atoms with van der Waals surface area (Å²) in [5, 5.41) is 17.0. The quantitative estimate of drug-likeness (QED) is 0.503. The first-order valence-electron chi connectivity index (χ1n) is 8.94. The maximum absolute atomic E-state index is 13.7. The minimum absolute atomic E-state index is 0.0953. The molecule has 0 bridgehead atoms. The van der Waals surface area contributed by atoms with E-state index in [-0.39, 0.29) is 17.2 Å². The summed E-state index contributed by atoms with van der Waals surface area (Å²) in [7, 11) is 1.37. The number of carbonyl (C=O) groups excluding carboxylic acids is 1. The minimum Gasteiger partial charge on any atom is -0.494 e. The molecule has 0 atom stereocenters. The van der Waals surface area contributed by atoms with Gasteiger partial charge in [-0.15, -0.1) is 10.2 Å². The third-order valence-electron chi connectivity index (χ3n) is 3.96. The summed E-state index contributed by atoms with van der Waals surface area (Å²) in [6, 6.07) is 11.4. The lowest BCUT2D eigenvalue weighted by Crippen LogP contribution is -2.29. The summed E-state index contributed by atoms with van der Waals surface area (Å²) in [5.41, 5.74) is 1.30. The molecule has 0 saturated heterocycles. The molecule has 2 heterocycles. The highest BCUT2D eigenvalue weighted by atomic mass is 19.1. The van der Waals surface area contributed by atoms with Crippen molar-refractivity contribution in [3.8, 4) is 5.75 Å². The number of aromatic nitrogens is 3. The van der Waals surface area contributed by atoms with E-state index in [4.69, 9.17) is 4.74 Å². The molecule has 0 saturated carbocycles. The van der Waals surface area contributed by atoms with Crippen LogP contribution in [0.3, 0.4) is 0 Å². The van der Waals surface area contributed by atoms with Crippen LogP contribution in [-0.2, 0) is 0 Å². The lowest BCUT2D eigenvalue weighted by atomic mass is 10.2. The van der Waals surface area contributed by atoms with Gasteiger partial charge in [-0.2, -0.15) is 0 Å². The predicted molar refractivity (Wildman–Crippen MR) is 108 cm³/mol. The molecule has 1 amide bonds. The van der Waals surface area contributed by atoms with E-state index in [9.17, 15) is 9.18 Å². The highest BCUT2D eigenvalue weighted by Gasteiger charge is 2.09. The van der Waals surface area contributed by atoms with Crippen molar-refractivity contribution >= 4 is 23.4 Å². The summed E-state index contributed by atoms with van der Waals surface area (Å²) in [5.74, 6) is 0.966. The molecule has 0 aliphatic heterocycles. The number of carbonyl (C=O) groups is 1. The number of methoxy groups -OCH3 is 1. The number of ether oxygens (including phenoxy) is 1. The van der Waals surface area contributed by atoms with Crippen molar-refractivity contribution in [2.75, 3.05) is 30.8 Å². The predicted octanol–water partition coefficient (Wildman–Crippen LogP) is 2.91. The van der Waals surface area contributed by atoms with Crippen LogP contribution in [0.25, 0.3) is 0 Å². The number of hydrogen-bond donors (Lipinski definition) is 3.